The molecule has 5 rings (SSSR count). The molecule has 0 atom stereocenters. The monoisotopic (exact) mass is 537 g/mol. The Kier molecular flexibility index (Phi) is 6.80. The summed E-state index contributed by atoms with van der Waals surface area (Å²) >= 11 is 3.55. The SMILES string of the molecule is O=C(OCc1ccccc1)N1CCC(c2cc(NCc3ccc[n+](O)c3)n3ncc(Br)c3n2)CC1. The van der Waals surface area contributed by atoms with Crippen molar-refractivity contribution in [2.45, 2.75) is 31.9 Å². The van der Waals surface area contributed by atoms with E-state index in [0.717, 1.165) is 50.3 Å². The number of nitrogens with zero attached hydrogens (tertiary/aromatic N) is 5. The van der Waals surface area contributed by atoms with Gasteiger partial charge in [-0.1, -0.05) is 30.3 Å². The number of carbonyl (C=O) groups excluding carboxylic acids is 1. The lowest BCUT2D eigenvalue weighted by Crippen LogP contribution is -2.38. The Bertz CT molecular complexity index is 1320. The first kappa shape index (κ1) is 23.1. The van der Waals surface area contributed by atoms with E-state index in [9.17, 15) is 10.0 Å². The van der Waals surface area contributed by atoms with Crippen LogP contribution in [0, 0.1) is 0 Å². The second-order valence-corrected chi connectivity index (χ2v) is 9.40. The van der Waals surface area contributed by atoms with Crippen molar-refractivity contribution >= 4 is 33.5 Å². The van der Waals surface area contributed by atoms with Crippen LogP contribution in [-0.2, 0) is 17.9 Å². The third kappa shape index (κ3) is 5.37. The molecule has 4 aromatic rings. The van der Waals surface area contributed by atoms with Crippen molar-refractivity contribution in [3.05, 3.63) is 88.4 Å². The lowest BCUT2D eigenvalue weighted by molar-refractivity contribution is -0.905. The third-order valence-electron chi connectivity index (χ3n) is 6.15. The summed E-state index contributed by atoms with van der Waals surface area (Å²) in [6.45, 7) is 2.03. The molecule has 0 spiro atoms. The second-order valence-electron chi connectivity index (χ2n) is 8.54. The van der Waals surface area contributed by atoms with E-state index in [0.29, 0.717) is 19.6 Å². The summed E-state index contributed by atoms with van der Waals surface area (Å²) < 4.78 is 9.11. The number of fused-ring (bicyclic) bond motifs is 1. The zero-order valence-electron chi connectivity index (χ0n) is 19.0. The standard InChI is InChI=1S/C25H26BrN6O3/c26-21-15-28-32-23(27-14-19-7-4-10-31(34)16-19)13-22(29-24(21)32)20-8-11-30(12-9-20)25(33)35-17-18-5-2-1-3-6-18/h1-7,10,13,15-16,20,27,34H,8-9,11-12,14,17H2/q+1. The Hall–Kier alpha value is -3.66. The molecule has 0 saturated carbocycles. The Morgan fingerprint density at radius 3 is 2.71 bits per heavy atom. The number of benzene rings is 1. The number of piperidine rings is 1. The maximum atomic E-state index is 12.5. The maximum absolute atomic E-state index is 12.5. The van der Waals surface area contributed by atoms with Gasteiger partial charge in [-0.15, -0.1) is 0 Å². The van der Waals surface area contributed by atoms with Gasteiger partial charge in [0.1, 0.15) is 12.4 Å². The van der Waals surface area contributed by atoms with E-state index in [1.165, 1.54) is 0 Å². The van der Waals surface area contributed by atoms with Gasteiger partial charge in [0.2, 0.25) is 12.4 Å². The van der Waals surface area contributed by atoms with E-state index in [1.54, 1.807) is 34.1 Å². The zero-order valence-corrected chi connectivity index (χ0v) is 20.6. The molecule has 35 heavy (non-hydrogen) atoms. The number of ether oxygens (including phenoxy) is 1. The Balaban J connectivity index is 1.26. The van der Waals surface area contributed by atoms with E-state index in [2.05, 4.69) is 26.3 Å². The molecule has 0 bridgehead atoms. The van der Waals surface area contributed by atoms with E-state index in [4.69, 9.17) is 9.72 Å². The van der Waals surface area contributed by atoms with Gasteiger partial charge in [0.05, 0.1) is 10.7 Å². The molecule has 0 aliphatic carbocycles. The summed E-state index contributed by atoms with van der Waals surface area (Å²) in [6, 6.07) is 15.4. The Morgan fingerprint density at radius 1 is 1.17 bits per heavy atom. The normalized spacial score (nSPS) is 14.3. The number of carbonyl (C=O) groups is 1. The Morgan fingerprint density at radius 2 is 1.94 bits per heavy atom. The van der Waals surface area contributed by atoms with Gasteiger partial charge in [-0.25, -0.2) is 9.78 Å². The second kappa shape index (κ2) is 10.3. The summed E-state index contributed by atoms with van der Waals surface area (Å²) in [5, 5.41) is 17.5. The fourth-order valence-corrected chi connectivity index (χ4v) is 4.61. The summed E-state index contributed by atoms with van der Waals surface area (Å²) in [4.78, 5) is 19.2. The highest BCUT2D eigenvalue weighted by molar-refractivity contribution is 9.10. The van der Waals surface area contributed by atoms with Crippen LogP contribution in [0.1, 0.15) is 35.6 Å². The predicted molar refractivity (Wildman–Crippen MR) is 132 cm³/mol. The van der Waals surface area contributed by atoms with E-state index < -0.39 is 0 Å². The van der Waals surface area contributed by atoms with E-state index in [1.807, 2.05) is 42.5 Å². The number of halogens is 1. The molecule has 1 aliphatic heterocycles. The average molecular weight is 538 g/mol. The molecule has 10 heteroatoms. The number of rotatable bonds is 6. The molecule has 1 saturated heterocycles. The van der Waals surface area contributed by atoms with Crippen molar-refractivity contribution in [3.63, 3.8) is 0 Å². The van der Waals surface area contributed by atoms with Crippen molar-refractivity contribution in [1.29, 1.82) is 0 Å². The number of pyridine rings is 1. The summed E-state index contributed by atoms with van der Waals surface area (Å²) in [5.41, 5.74) is 3.60. The Labute approximate surface area is 211 Å². The molecule has 1 fully saturated rings. The van der Waals surface area contributed by atoms with Gasteiger partial charge < -0.3 is 15.0 Å². The predicted octanol–water partition coefficient (Wildman–Crippen LogP) is 4.14. The van der Waals surface area contributed by atoms with Gasteiger partial charge in [-0.2, -0.15) is 9.61 Å². The highest BCUT2D eigenvalue weighted by Gasteiger charge is 2.27. The van der Waals surface area contributed by atoms with Crippen LogP contribution in [0.3, 0.4) is 0 Å². The molecule has 0 unspecified atom stereocenters. The van der Waals surface area contributed by atoms with Gasteiger partial charge in [0.15, 0.2) is 5.65 Å². The maximum Gasteiger partial charge on any atom is 0.410 e. The highest BCUT2D eigenvalue weighted by atomic mass is 79.9. The summed E-state index contributed by atoms with van der Waals surface area (Å²) in [7, 11) is 0. The molecule has 1 aromatic carbocycles. The van der Waals surface area contributed by atoms with Crippen molar-refractivity contribution in [3.8, 4) is 0 Å². The van der Waals surface area contributed by atoms with Gasteiger partial charge >= 0.3 is 6.09 Å². The number of hydrogen-bond acceptors (Lipinski definition) is 6. The van der Waals surface area contributed by atoms with Crippen LogP contribution >= 0.6 is 15.9 Å². The van der Waals surface area contributed by atoms with Crippen molar-refractivity contribution in [1.82, 2.24) is 19.5 Å². The zero-order chi connectivity index (χ0) is 24.2. The molecule has 1 aliphatic rings. The van der Waals surface area contributed by atoms with Crippen LogP contribution < -0.4 is 10.0 Å². The molecular weight excluding hydrogens is 512 g/mol. The summed E-state index contributed by atoms with van der Waals surface area (Å²) in [6.07, 6.45) is 6.28. The molecule has 2 N–H and O–H groups in total. The fraction of sp³-hybridized carbons (Fsp3) is 0.280. The molecule has 0 radical (unpaired) electrons. The lowest BCUT2D eigenvalue weighted by atomic mass is 9.93. The largest absolute Gasteiger partial charge is 0.445 e. The van der Waals surface area contributed by atoms with Crippen LogP contribution in [0.2, 0.25) is 0 Å². The minimum absolute atomic E-state index is 0.219. The van der Waals surface area contributed by atoms with Crippen molar-refractivity contribution in [2.24, 2.45) is 0 Å². The third-order valence-corrected chi connectivity index (χ3v) is 6.71. The molecular formula is C25H26BrN6O3+. The average Bonchev–Trinajstić information content (AvgIpc) is 3.27. The van der Waals surface area contributed by atoms with Crippen LogP contribution in [0.4, 0.5) is 10.6 Å². The number of amides is 1. The number of anilines is 1. The number of nitrogens with one attached hydrogen (secondary N) is 1. The van der Waals surface area contributed by atoms with Crippen molar-refractivity contribution < 1.29 is 19.5 Å². The minimum atomic E-state index is -0.277. The first-order valence-corrected chi connectivity index (χ1v) is 12.3. The number of hydrogen-bond donors (Lipinski definition) is 2. The number of likely N-dealkylation sites (tertiary alicyclic amines) is 1. The summed E-state index contributed by atoms with van der Waals surface area (Å²) in [5.74, 6) is 1.03. The first-order valence-electron chi connectivity index (χ1n) is 11.5. The van der Waals surface area contributed by atoms with E-state index in [-0.39, 0.29) is 18.6 Å². The first-order chi connectivity index (χ1) is 17.1. The smallest absolute Gasteiger partial charge is 0.410 e. The quantitative estimate of drug-likeness (QED) is 0.283. The molecule has 180 valence electrons. The molecule has 1 amide bonds. The van der Waals surface area contributed by atoms with Crippen LogP contribution in [0.5, 0.6) is 0 Å². The van der Waals surface area contributed by atoms with Crippen LogP contribution in [-0.4, -0.2) is 43.9 Å². The highest BCUT2D eigenvalue weighted by Crippen LogP contribution is 2.31. The van der Waals surface area contributed by atoms with Crippen molar-refractivity contribution in [2.75, 3.05) is 18.4 Å². The van der Waals surface area contributed by atoms with Gasteiger partial charge in [0, 0.05) is 53.7 Å². The topological polar surface area (TPSA) is 95.9 Å². The van der Waals surface area contributed by atoms with Gasteiger partial charge in [-0.05, 0) is 40.4 Å². The van der Waals surface area contributed by atoms with Crippen LogP contribution in [0.15, 0.2) is 71.6 Å². The van der Waals surface area contributed by atoms with Crippen LogP contribution in [0.25, 0.3) is 5.65 Å². The molecule has 4 heterocycles. The van der Waals surface area contributed by atoms with Gasteiger partial charge in [-0.3, -0.25) is 5.21 Å². The molecule has 9 nitrogen and oxygen atoms in total. The van der Waals surface area contributed by atoms with Gasteiger partial charge in [0.25, 0.3) is 0 Å². The molecule has 3 aromatic heterocycles. The number of aromatic nitrogens is 4. The lowest BCUT2D eigenvalue weighted by Gasteiger charge is -2.31. The van der Waals surface area contributed by atoms with E-state index >= 15 is 0 Å². The minimum Gasteiger partial charge on any atom is -0.445 e. The fourth-order valence-electron chi connectivity index (χ4n) is 4.27.